The average Bonchev–Trinajstić information content (AvgIpc) is 2.68. The SMILES string of the molecule is C=C([C-]=C/C=C/CCCC)c1cc2c(cn1)C1CC(C2)C1(C)C.CC(=[OH+])/C=C(/C)O.[Pt]. The molecule has 3 nitrogen and oxygen atoms in total. The first-order chi connectivity index (χ1) is 14.2. The van der Waals surface area contributed by atoms with Crippen molar-refractivity contribution in [3.8, 4) is 0 Å². The third kappa shape index (κ3) is 7.42. The Labute approximate surface area is 202 Å². The Balaban J connectivity index is 0.000000523. The second-order valence-corrected chi connectivity index (χ2v) is 9.07. The first kappa shape index (κ1) is 27.3. The Morgan fingerprint density at radius 1 is 1.39 bits per heavy atom. The van der Waals surface area contributed by atoms with Crippen LogP contribution in [0.2, 0.25) is 0 Å². The monoisotopic (exact) mass is 602 g/mol. The van der Waals surface area contributed by atoms with Crippen molar-refractivity contribution >= 4 is 11.4 Å². The smallest absolute Gasteiger partial charge is 0.316 e. The molecule has 2 N–H and O–H groups in total. The van der Waals surface area contributed by atoms with E-state index >= 15 is 0 Å². The molecule has 3 aliphatic rings. The summed E-state index contributed by atoms with van der Waals surface area (Å²) in [4.78, 5) is 13.1. The van der Waals surface area contributed by atoms with Gasteiger partial charge in [0.25, 0.3) is 0 Å². The van der Waals surface area contributed by atoms with Gasteiger partial charge >= 0.3 is 5.78 Å². The van der Waals surface area contributed by atoms with Crippen LogP contribution in [0.1, 0.15) is 83.0 Å². The van der Waals surface area contributed by atoms with Gasteiger partial charge < -0.3 is 10.1 Å². The third-order valence-corrected chi connectivity index (χ3v) is 6.28. The summed E-state index contributed by atoms with van der Waals surface area (Å²) < 4.78 is 0. The summed E-state index contributed by atoms with van der Waals surface area (Å²) in [7, 11) is 0. The number of aliphatic hydroxyl groups excluding tert-OH is 1. The van der Waals surface area contributed by atoms with Crippen molar-refractivity contribution in [2.45, 2.75) is 72.6 Å². The molecule has 31 heavy (non-hydrogen) atoms. The van der Waals surface area contributed by atoms with Crippen LogP contribution in [-0.4, -0.2) is 20.7 Å². The number of rotatable bonds is 7. The van der Waals surface area contributed by atoms with E-state index in [0.29, 0.717) is 11.3 Å². The van der Waals surface area contributed by atoms with Gasteiger partial charge in [-0.2, -0.15) is 6.58 Å². The first-order valence-corrected chi connectivity index (χ1v) is 11.0. The van der Waals surface area contributed by atoms with Gasteiger partial charge in [0.05, 0.1) is 18.8 Å². The molecule has 1 heterocycles. The molecule has 3 aliphatic carbocycles. The van der Waals surface area contributed by atoms with Crippen LogP contribution in [0.15, 0.2) is 48.9 Å². The molecule has 0 radical (unpaired) electrons. The van der Waals surface area contributed by atoms with E-state index < -0.39 is 0 Å². The maximum absolute atomic E-state index is 8.40. The van der Waals surface area contributed by atoms with E-state index in [4.69, 9.17) is 9.90 Å². The zero-order valence-corrected chi connectivity index (χ0v) is 21.8. The van der Waals surface area contributed by atoms with E-state index in [2.05, 4.69) is 62.8 Å². The van der Waals surface area contributed by atoms with E-state index in [1.165, 1.54) is 56.7 Å². The number of unbranched alkanes of at least 4 members (excludes halogenated alkanes) is 2. The Morgan fingerprint density at radius 2 is 2.10 bits per heavy atom. The van der Waals surface area contributed by atoms with Crippen molar-refractivity contribution in [2.75, 3.05) is 0 Å². The zero-order valence-electron chi connectivity index (χ0n) is 19.5. The molecule has 2 atom stereocenters. The van der Waals surface area contributed by atoms with Gasteiger partial charge in [-0.1, -0.05) is 39.7 Å². The molecule has 0 aliphatic heterocycles. The number of pyridine rings is 1. The molecule has 1 fully saturated rings. The van der Waals surface area contributed by atoms with Gasteiger partial charge in [-0.25, -0.2) is 0 Å². The Morgan fingerprint density at radius 3 is 2.65 bits per heavy atom. The third-order valence-electron chi connectivity index (χ3n) is 6.28. The minimum Gasteiger partial charge on any atom is -0.512 e. The number of aliphatic hydroxyl groups is 1. The summed E-state index contributed by atoms with van der Waals surface area (Å²) in [6, 6.07) is 2.24. The molecule has 4 heteroatoms. The standard InChI is InChI=1S/C22H28N.C5H8O2.Pt/c1-5-6-7-8-9-10-11-16(2)21-13-17-12-18-14-20(22(18,3)4)19(17)15-23-21;1-4(6)3-5(2)7;/h8-10,13,15,18,20H,2,5-7,12,14H2,1,3-4H3;3,6H,1-2H3;/q-1;;/p+1/b9-8+;4-3-;. The minimum absolute atomic E-state index is 0. The number of aromatic nitrogens is 1. The summed E-state index contributed by atoms with van der Waals surface area (Å²) in [5, 5.41) is 8.40. The average molecular weight is 603 g/mol. The Bertz CT molecular complexity index is 860. The van der Waals surface area contributed by atoms with E-state index in [1.807, 2.05) is 6.08 Å². The van der Waals surface area contributed by atoms with Crippen LogP contribution in [0, 0.1) is 17.4 Å². The van der Waals surface area contributed by atoms with Crippen molar-refractivity contribution in [1.82, 2.24) is 4.98 Å². The number of hydrogen-bond acceptors (Lipinski definition) is 2. The molecular formula is C27H37NO2Pt. The van der Waals surface area contributed by atoms with Crippen LogP contribution in [0.4, 0.5) is 0 Å². The molecule has 1 aromatic heterocycles. The van der Waals surface area contributed by atoms with Crippen molar-refractivity contribution in [2.24, 2.45) is 11.3 Å². The normalized spacial score (nSPS) is 20.9. The van der Waals surface area contributed by atoms with Gasteiger partial charge in [0, 0.05) is 27.3 Å². The fourth-order valence-electron chi connectivity index (χ4n) is 4.33. The molecule has 0 saturated heterocycles. The number of carbonyl (C=O) groups excluding carboxylic acids is 1. The molecule has 172 valence electrons. The first-order valence-electron chi connectivity index (χ1n) is 11.0. The largest absolute Gasteiger partial charge is 0.512 e. The summed E-state index contributed by atoms with van der Waals surface area (Å²) in [6.45, 7) is 14.2. The Kier molecular flexibility index (Phi) is 10.9. The van der Waals surface area contributed by atoms with Gasteiger partial charge in [-0.3, -0.25) is 4.79 Å². The van der Waals surface area contributed by atoms with E-state index in [9.17, 15) is 0 Å². The van der Waals surface area contributed by atoms with E-state index in [0.717, 1.165) is 23.6 Å². The Hall–Kier alpha value is -1.73. The maximum Gasteiger partial charge on any atom is 0.316 e. The fourth-order valence-corrected chi connectivity index (χ4v) is 4.33. The molecule has 2 bridgehead atoms. The van der Waals surface area contributed by atoms with Gasteiger partial charge in [0.1, 0.15) is 0 Å². The molecule has 0 amide bonds. The molecule has 0 spiro atoms. The summed E-state index contributed by atoms with van der Waals surface area (Å²) >= 11 is 0. The number of ketones is 1. The van der Waals surface area contributed by atoms with Gasteiger partial charge in [-0.15, -0.1) is 29.9 Å². The van der Waals surface area contributed by atoms with Crippen molar-refractivity contribution in [3.63, 3.8) is 0 Å². The van der Waals surface area contributed by atoms with E-state index in [-0.39, 0.29) is 32.6 Å². The maximum atomic E-state index is 8.40. The van der Waals surface area contributed by atoms with Gasteiger partial charge in [0.2, 0.25) is 0 Å². The van der Waals surface area contributed by atoms with E-state index in [1.54, 1.807) is 0 Å². The molecule has 1 saturated carbocycles. The molecule has 0 aromatic carbocycles. The van der Waals surface area contributed by atoms with Crippen LogP contribution in [0.5, 0.6) is 0 Å². The predicted octanol–water partition coefficient (Wildman–Crippen LogP) is 6.90. The number of nitrogens with zero attached hydrogens (tertiary/aromatic N) is 1. The topological polar surface area (TPSA) is 54.5 Å². The molecule has 2 unspecified atom stereocenters. The molecule has 1 aromatic rings. The summed E-state index contributed by atoms with van der Waals surface area (Å²) in [6.07, 6.45) is 19.0. The van der Waals surface area contributed by atoms with Crippen molar-refractivity contribution in [1.29, 1.82) is 0 Å². The quantitative estimate of drug-likeness (QED) is 0.0923. The minimum atomic E-state index is 0. The van der Waals surface area contributed by atoms with Gasteiger partial charge in [-0.05, 0) is 60.3 Å². The van der Waals surface area contributed by atoms with Crippen LogP contribution in [0.25, 0.3) is 5.57 Å². The summed E-state index contributed by atoms with van der Waals surface area (Å²) in [5.41, 5.74) is 5.27. The van der Waals surface area contributed by atoms with Crippen LogP contribution in [-0.2, 0) is 27.5 Å². The van der Waals surface area contributed by atoms with Crippen LogP contribution < -0.4 is 0 Å². The molecular weight excluding hydrogens is 565 g/mol. The van der Waals surface area contributed by atoms with Crippen LogP contribution in [0.3, 0.4) is 0 Å². The zero-order chi connectivity index (χ0) is 22.3. The second-order valence-electron chi connectivity index (χ2n) is 9.07. The number of allylic oxidation sites excluding steroid dienone is 7. The van der Waals surface area contributed by atoms with Crippen molar-refractivity contribution < 1.29 is 31.0 Å². The molecule has 4 rings (SSSR count). The number of hydrogen-bond donors (Lipinski definition) is 1. The summed E-state index contributed by atoms with van der Waals surface area (Å²) in [5.74, 6) is 1.79. The van der Waals surface area contributed by atoms with Gasteiger partial charge in [0.15, 0.2) is 0 Å². The fraction of sp³-hybridized carbons (Fsp3) is 0.481. The van der Waals surface area contributed by atoms with Crippen molar-refractivity contribution in [3.05, 3.63) is 71.8 Å². The second kappa shape index (κ2) is 12.3. The predicted molar refractivity (Wildman–Crippen MR) is 127 cm³/mol. The van der Waals surface area contributed by atoms with Crippen LogP contribution >= 0.6 is 0 Å².